The van der Waals surface area contributed by atoms with E-state index < -0.39 is 6.10 Å². The second kappa shape index (κ2) is 9.11. The van der Waals surface area contributed by atoms with Crippen LogP contribution in [-0.4, -0.2) is 23.2 Å². The van der Waals surface area contributed by atoms with Gasteiger partial charge in [-0.15, -0.1) is 0 Å². The highest BCUT2D eigenvalue weighted by atomic mass is 16.3. The molecule has 0 unspecified atom stereocenters. The summed E-state index contributed by atoms with van der Waals surface area (Å²) < 4.78 is 0. The van der Waals surface area contributed by atoms with Crippen molar-refractivity contribution in [2.75, 3.05) is 0 Å². The average molecular weight is 311 g/mol. The van der Waals surface area contributed by atoms with Crippen molar-refractivity contribution in [3.63, 3.8) is 0 Å². The van der Waals surface area contributed by atoms with Gasteiger partial charge in [0.1, 0.15) is 0 Å². The number of aliphatic hydroxyl groups is 1. The molecule has 0 aliphatic rings. The third-order valence-electron chi connectivity index (χ3n) is 3.90. The lowest BCUT2D eigenvalue weighted by molar-refractivity contribution is -0.119. The van der Waals surface area contributed by atoms with E-state index >= 15 is 0 Å². The molecule has 2 rings (SSSR count). The monoisotopic (exact) mass is 311 g/mol. The van der Waals surface area contributed by atoms with Crippen molar-refractivity contribution >= 4 is 5.91 Å². The van der Waals surface area contributed by atoms with Crippen molar-refractivity contribution in [1.82, 2.24) is 5.32 Å². The van der Waals surface area contributed by atoms with Gasteiger partial charge in [-0.1, -0.05) is 60.7 Å². The van der Waals surface area contributed by atoms with Crippen LogP contribution in [0.2, 0.25) is 0 Å². The first-order valence-corrected chi connectivity index (χ1v) is 8.16. The highest BCUT2D eigenvalue weighted by Gasteiger charge is 2.16. The lowest BCUT2D eigenvalue weighted by atomic mass is 9.97. The Morgan fingerprint density at radius 2 is 1.57 bits per heavy atom. The molecule has 0 heterocycles. The fourth-order valence-electron chi connectivity index (χ4n) is 2.80. The van der Waals surface area contributed by atoms with Gasteiger partial charge in [0, 0.05) is 13.0 Å². The summed E-state index contributed by atoms with van der Waals surface area (Å²) in [5.74, 6) is -0.0545. The van der Waals surface area contributed by atoms with Gasteiger partial charge in [0.15, 0.2) is 0 Å². The SMILES string of the molecule is CC(=O)N[C@@H](Cc1ccccc1)C[C@@H](O)CCc1ccccc1. The van der Waals surface area contributed by atoms with Gasteiger partial charge < -0.3 is 10.4 Å². The number of amides is 1. The molecular formula is C20H25NO2. The fourth-order valence-corrected chi connectivity index (χ4v) is 2.80. The molecule has 2 aromatic rings. The normalized spacial score (nSPS) is 13.3. The number of carbonyl (C=O) groups is 1. The maximum absolute atomic E-state index is 11.4. The number of hydrogen-bond acceptors (Lipinski definition) is 2. The molecule has 2 N–H and O–H groups in total. The van der Waals surface area contributed by atoms with Crippen LogP contribution in [0, 0.1) is 0 Å². The molecular weight excluding hydrogens is 286 g/mol. The van der Waals surface area contributed by atoms with Crippen LogP contribution >= 0.6 is 0 Å². The Kier molecular flexibility index (Phi) is 6.82. The summed E-state index contributed by atoms with van der Waals surface area (Å²) in [5, 5.41) is 13.3. The van der Waals surface area contributed by atoms with Gasteiger partial charge >= 0.3 is 0 Å². The predicted octanol–water partition coefficient (Wildman–Crippen LogP) is 3.12. The Hall–Kier alpha value is -2.13. The highest BCUT2D eigenvalue weighted by molar-refractivity contribution is 5.73. The fraction of sp³-hybridized carbons (Fsp3) is 0.350. The highest BCUT2D eigenvalue weighted by Crippen LogP contribution is 2.12. The molecule has 0 aliphatic carbocycles. The van der Waals surface area contributed by atoms with Crippen LogP contribution in [0.5, 0.6) is 0 Å². The third kappa shape index (κ3) is 6.66. The number of aliphatic hydroxyl groups excluding tert-OH is 1. The van der Waals surface area contributed by atoms with Gasteiger partial charge in [-0.3, -0.25) is 4.79 Å². The van der Waals surface area contributed by atoms with Crippen molar-refractivity contribution in [2.24, 2.45) is 0 Å². The van der Waals surface area contributed by atoms with Gasteiger partial charge in [0.25, 0.3) is 0 Å². The first-order valence-electron chi connectivity index (χ1n) is 8.16. The lowest BCUT2D eigenvalue weighted by Gasteiger charge is -2.21. The summed E-state index contributed by atoms with van der Waals surface area (Å²) in [6.07, 6.45) is 2.44. The minimum absolute atomic E-state index is 0.0410. The van der Waals surface area contributed by atoms with Crippen molar-refractivity contribution in [3.8, 4) is 0 Å². The summed E-state index contributed by atoms with van der Waals surface area (Å²) in [6.45, 7) is 1.52. The maximum atomic E-state index is 11.4. The molecule has 0 aliphatic heterocycles. The molecule has 3 nitrogen and oxygen atoms in total. The predicted molar refractivity (Wildman–Crippen MR) is 93.1 cm³/mol. The Morgan fingerprint density at radius 3 is 2.13 bits per heavy atom. The van der Waals surface area contributed by atoms with E-state index in [9.17, 15) is 9.90 Å². The van der Waals surface area contributed by atoms with Gasteiger partial charge in [-0.25, -0.2) is 0 Å². The van der Waals surface area contributed by atoms with Gasteiger partial charge in [-0.05, 0) is 36.8 Å². The number of carbonyl (C=O) groups excluding carboxylic acids is 1. The number of nitrogens with one attached hydrogen (secondary N) is 1. The smallest absolute Gasteiger partial charge is 0.217 e. The number of aryl methyl sites for hydroxylation is 1. The number of rotatable bonds is 8. The molecule has 0 spiro atoms. The van der Waals surface area contributed by atoms with E-state index in [0.717, 1.165) is 12.8 Å². The standard InChI is InChI=1S/C20H25NO2/c1-16(22)21-19(14-18-10-6-3-7-11-18)15-20(23)13-12-17-8-4-2-5-9-17/h2-11,19-20,23H,12-15H2,1H3,(H,21,22)/t19-,20-/m0/s1. The van der Waals surface area contributed by atoms with E-state index in [4.69, 9.17) is 0 Å². The summed E-state index contributed by atoms with van der Waals surface area (Å²) >= 11 is 0. The molecule has 0 fully saturated rings. The van der Waals surface area contributed by atoms with Crippen LogP contribution in [0.3, 0.4) is 0 Å². The van der Waals surface area contributed by atoms with E-state index in [1.54, 1.807) is 0 Å². The van der Waals surface area contributed by atoms with Crippen molar-refractivity contribution in [1.29, 1.82) is 0 Å². The summed E-state index contributed by atoms with van der Waals surface area (Å²) in [4.78, 5) is 11.4. The van der Waals surface area contributed by atoms with Crippen LogP contribution in [0.4, 0.5) is 0 Å². The van der Waals surface area contributed by atoms with Crippen LogP contribution in [-0.2, 0) is 17.6 Å². The Labute approximate surface area is 138 Å². The first kappa shape index (κ1) is 17.2. The third-order valence-corrected chi connectivity index (χ3v) is 3.90. The summed E-state index contributed by atoms with van der Waals surface area (Å²) in [6, 6.07) is 20.2. The largest absolute Gasteiger partial charge is 0.393 e. The summed E-state index contributed by atoms with van der Waals surface area (Å²) in [7, 11) is 0. The molecule has 0 saturated carbocycles. The number of benzene rings is 2. The Balaban J connectivity index is 1.87. The Bertz CT molecular complexity index is 583. The van der Waals surface area contributed by atoms with Crippen LogP contribution < -0.4 is 5.32 Å². The zero-order chi connectivity index (χ0) is 16.5. The maximum Gasteiger partial charge on any atom is 0.217 e. The molecule has 0 aromatic heterocycles. The molecule has 0 bridgehead atoms. The van der Waals surface area contributed by atoms with Crippen molar-refractivity contribution in [3.05, 3.63) is 71.8 Å². The van der Waals surface area contributed by atoms with E-state index in [1.807, 2.05) is 48.5 Å². The molecule has 3 heteroatoms. The molecule has 122 valence electrons. The molecule has 23 heavy (non-hydrogen) atoms. The second-order valence-corrected chi connectivity index (χ2v) is 6.00. The van der Waals surface area contributed by atoms with Crippen LogP contribution in [0.1, 0.15) is 30.9 Å². The summed E-state index contributed by atoms with van der Waals surface area (Å²) in [5.41, 5.74) is 2.40. The minimum Gasteiger partial charge on any atom is -0.393 e. The van der Waals surface area contributed by atoms with E-state index in [2.05, 4.69) is 17.4 Å². The van der Waals surface area contributed by atoms with Gasteiger partial charge in [0.2, 0.25) is 5.91 Å². The van der Waals surface area contributed by atoms with Gasteiger partial charge in [-0.2, -0.15) is 0 Å². The van der Waals surface area contributed by atoms with E-state index in [0.29, 0.717) is 12.8 Å². The quantitative estimate of drug-likeness (QED) is 0.787. The van der Waals surface area contributed by atoms with E-state index in [1.165, 1.54) is 18.1 Å². The van der Waals surface area contributed by atoms with Crippen molar-refractivity contribution < 1.29 is 9.90 Å². The molecule has 1 amide bonds. The molecule has 2 aromatic carbocycles. The zero-order valence-electron chi connectivity index (χ0n) is 13.6. The lowest BCUT2D eigenvalue weighted by Crippen LogP contribution is -2.37. The van der Waals surface area contributed by atoms with Crippen molar-refractivity contribution in [2.45, 2.75) is 44.8 Å². The van der Waals surface area contributed by atoms with Gasteiger partial charge in [0.05, 0.1) is 6.10 Å². The Morgan fingerprint density at radius 1 is 1.00 bits per heavy atom. The first-order chi connectivity index (χ1) is 11.1. The van der Waals surface area contributed by atoms with Crippen LogP contribution in [0.25, 0.3) is 0 Å². The number of hydrogen-bond donors (Lipinski definition) is 2. The average Bonchev–Trinajstić information content (AvgIpc) is 2.54. The molecule has 2 atom stereocenters. The van der Waals surface area contributed by atoms with E-state index in [-0.39, 0.29) is 11.9 Å². The molecule has 0 radical (unpaired) electrons. The minimum atomic E-state index is -0.421. The topological polar surface area (TPSA) is 49.3 Å². The zero-order valence-corrected chi connectivity index (χ0v) is 13.6. The molecule has 0 saturated heterocycles. The second-order valence-electron chi connectivity index (χ2n) is 6.00. The van der Waals surface area contributed by atoms with Crippen LogP contribution in [0.15, 0.2) is 60.7 Å².